The molecular formula is C17H26N4O. The van der Waals surface area contributed by atoms with Gasteiger partial charge in [0.05, 0.1) is 6.34 Å². The van der Waals surface area contributed by atoms with Gasteiger partial charge in [-0.05, 0) is 50.2 Å². The average molecular weight is 302 g/mol. The molecule has 1 heterocycles. The first-order chi connectivity index (χ1) is 10.7. The van der Waals surface area contributed by atoms with Crippen LogP contribution >= 0.6 is 0 Å². The van der Waals surface area contributed by atoms with Crippen molar-refractivity contribution in [3.05, 3.63) is 29.8 Å². The van der Waals surface area contributed by atoms with Crippen LogP contribution in [-0.4, -0.2) is 62.3 Å². The van der Waals surface area contributed by atoms with Crippen molar-refractivity contribution in [1.29, 1.82) is 0 Å². The maximum absolute atomic E-state index is 12.1. The Morgan fingerprint density at radius 1 is 1.27 bits per heavy atom. The van der Waals surface area contributed by atoms with Crippen LogP contribution in [0.4, 0.5) is 5.69 Å². The largest absolute Gasteiger partial charge is 0.384 e. The number of rotatable bonds is 6. The number of benzene rings is 1. The minimum Gasteiger partial charge on any atom is -0.384 e. The zero-order valence-electron chi connectivity index (χ0n) is 13.6. The quantitative estimate of drug-likeness (QED) is 0.648. The normalized spacial score (nSPS) is 15.9. The van der Waals surface area contributed by atoms with E-state index in [1.54, 1.807) is 14.1 Å². The molecule has 2 rings (SSSR count). The van der Waals surface area contributed by atoms with Gasteiger partial charge in [0.1, 0.15) is 0 Å². The van der Waals surface area contributed by atoms with Gasteiger partial charge in [-0.15, -0.1) is 0 Å². The molecule has 0 spiro atoms. The van der Waals surface area contributed by atoms with Crippen molar-refractivity contribution in [3.63, 3.8) is 0 Å². The minimum absolute atomic E-state index is 0.0505. The summed E-state index contributed by atoms with van der Waals surface area (Å²) >= 11 is 0. The van der Waals surface area contributed by atoms with Gasteiger partial charge in [-0.1, -0.05) is 6.42 Å². The third-order valence-corrected chi connectivity index (χ3v) is 3.95. The molecule has 1 aliphatic heterocycles. The smallest absolute Gasteiger partial charge is 0.258 e. The highest BCUT2D eigenvalue weighted by molar-refractivity contribution is 6.00. The Kier molecular flexibility index (Phi) is 6.40. The monoisotopic (exact) mass is 302 g/mol. The molecule has 120 valence electrons. The van der Waals surface area contributed by atoms with Gasteiger partial charge >= 0.3 is 0 Å². The van der Waals surface area contributed by atoms with Crippen molar-refractivity contribution >= 4 is 17.9 Å². The average Bonchev–Trinajstić information content (AvgIpc) is 2.56. The molecule has 0 aliphatic carbocycles. The molecule has 5 nitrogen and oxygen atoms in total. The zero-order chi connectivity index (χ0) is 15.8. The first-order valence-electron chi connectivity index (χ1n) is 7.96. The molecule has 1 saturated heterocycles. The SMILES string of the molecule is CN=CN(C)C(=O)c1ccc(NCCN2CCCCC2)cc1. The fourth-order valence-corrected chi connectivity index (χ4v) is 2.70. The lowest BCUT2D eigenvalue weighted by Gasteiger charge is -2.26. The maximum atomic E-state index is 12.1. The Bertz CT molecular complexity index is 492. The molecule has 1 amide bonds. The van der Waals surface area contributed by atoms with Crippen LogP contribution in [0.5, 0.6) is 0 Å². The lowest BCUT2D eigenvalue weighted by Crippen LogP contribution is -2.33. The number of amides is 1. The molecule has 5 heteroatoms. The second-order valence-electron chi connectivity index (χ2n) is 5.70. The third-order valence-electron chi connectivity index (χ3n) is 3.95. The summed E-state index contributed by atoms with van der Waals surface area (Å²) in [5.74, 6) is -0.0505. The summed E-state index contributed by atoms with van der Waals surface area (Å²) in [6, 6.07) is 7.62. The van der Waals surface area contributed by atoms with Crippen LogP contribution in [0.15, 0.2) is 29.3 Å². The first-order valence-corrected chi connectivity index (χ1v) is 7.96. The van der Waals surface area contributed by atoms with Crippen molar-refractivity contribution in [2.24, 2.45) is 4.99 Å². The fraction of sp³-hybridized carbons (Fsp3) is 0.529. The van der Waals surface area contributed by atoms with E-state index < -0.39 is 0 Å². The van der Waals surface area contributed by atoms with Gasteiger partial charge in [-0.3, -0.25) is 9.79 Å². The molecule has 0 radical (unpaired) electrons. The van der Waals surface area contributed by atoms with E-state index in [0.29, 0.717) is 5.56 Å². The van der Waals surface area contributed by atoms with Crippen molar-refractivity contribution in [3.8, 4) is 0 Å². The lowest BCUT2D eigenvalue weighted by molar-refractivity contribution is 0.0875. The number of carbonyl (C=O) groups excluding carboxylic acids is 1. The van der Waals surface area contributed by atoms with Gasteiger partial charge in [0, 0.05) is 38.4 Å². The Labute approximate surface area is 133 Å². The Balaban J connectivity index is 1.80. The van der Waals surface area contributed by atoms with Crippen molar-refractivity contribution < 1.29 is 4.79 Å². The summed E-state index contributed by atoms with van der Waals surface area (Å²) in [6.07, 6.45) is 5.54. The lowest BCUT2D eigenvalue weighted by atomic mass is 10.1. The molecule has 0 bridgehead atoms. The van der Waals surface area contributed by atoms with Gasteiger partial charge in [-0.25, -0.2) is 0 Å². The van der Waals surface area contributed by atoms with Gasteiger partial charge in [0.25, 0.3) is 5.91 Å². The zero-order valence-corrected chi connectivity index (χ0v) is 13.6. The van der Waals surface area contributed by atoms with E-state index in [2.05, 4.69) is 15.2 Å². The van der Waals surface area contributed by atoms with Crippen LogP contribution in [0.3, 0.4) is 0 Å². The molecule has 1 aliphatic rings. The van der Waals surface area contributed by atoms with Gasteiger partial charge in [0.15, 0.2) is 0 Å². The molecule has 1 aromatic rings. The first kappa shape index (κ1) is 16.5. The third kappa shape index (κ3) is 4.84. The second-order valence-corrected chi connectivity index (χ2v) is 5.70. The molecule has 0 saturated carbocycles. The van der Waals surface area contributed by atoms with E-state index in [1.807, 2.05) is 24.3 Å². The fourth-order valence-electron chi connectivity index (χ4n) is 2.70. The number of hydrogen-bond donors (Lipinski definition) is 1. The molecule has 22 heavy (non-hydrogen) atoms. The molecule has 0 unspecified atom stereocenters. The van der Waals surface area contributed by atoms with Crippen LogP contribution in [0, 0.1) is 0 Å². The molecule has 1 N–H and O–H groups in total. The summed E-state index contributed by atoms with van der Waals surface area (Å²) < 4.78 is 0. The van der Waals surface area contributed by atoms with Crippen LogP contribution in [0.25, 0.3) is 0 Å². The molecular weight excluding hydrogens is 276 g/mol. The molecule has 0 aromatic heterocycles. The molecule has 1 fully saturated rings. The van der Waals surface area contributed by atoms with Crippen molar-refractivity contribution in [2.45, 2.75) is 19.3 Å². The van der Waals surface area contributed by atoms with E-state index in [9.17, 15) is 4.79 Å². The van der Waals surface area contributed by atoms with Crippen LogP contribution in [-0.2, 0) is 0 Å². The molecule has 0 atom stereocenters. The minimum atomic E-state index is -0.0505. The van der Waals surface area contributed by atoms with E-state index in [1.165, 1.54) is 43.6 Å². The number of carbonyl (C=O) groups is 1. The highest BCUT2D eigenvalue weighted by Gasteiger charge is 2.10. The maximum Gasteiger partial charge on any atom is 0.258 e. The molecule has 1 aromatic carbocycles. The van der Waals surface area contributed by atoms with Crippen LogP contribution < -0.4 is 5.32 Å². The van der Waals surface area contributed by atoms with E-state index >= 15 is 0 Å². The highest BCUT2D eigenvalue weighted by Crippen LogP contribution is 2.12. The summed E-state index contributed by atoms with van der Waals surface area (Å²) in [5, 5.41) is 3.42. The Morgan fingerprint density at radius 3 is 2.59 bits per heavy atom. The highest BCUT2D eigenvalue weighted by atomic mass is 16.2. The summed E-state index contributed by atoms with van der Waals surface area (Å²) in [6.45, 7) is 4.47. The predicted octanol–water partition coefficient (Wildman–Crippen LogP) is 2.31. The van der Waals surface area contributed by atoms with E-state index in [-0.39, 0.29) is 5.91 Å². The van der Waals surface area contributed by atoms with E-state index in [4.69, 9.17) is 0 Å². The van der Waals surface area contributed by atoms with Gasteiger partial charge in [0.2, 0.25) is 0 Å². The van der Waals surface area contributed by atoms with E-state index in [0.717, 1.165) is 18.8 Å². The Morgan fingerprint density at radius 2 is 1.95 bits per heavy atom. The topological polar surface area (TPSA) is 47.9 Å². The summed E-state index contributed by atoms with van der Waals surface area (Å²) in [5.41, 5.74) is 1.73. The summed E-state index contributed by atoms with van der Waals surface area (Å²) in [7, 11) is 3.36. The summed E-state index contributed by atoms with van der Waals surface area (Å²) in [4.78, 5) is 19.9. The second kappa shape index (κ2) is 8.54. The number of nitrogens with zero attached hydrogens (tertiary/aromatic N) is 3. The Hall–Kier alpha value is -1.88. The van der Waals surface area contributed by atoms with Gasteiger partial charge < -0.3 is 15.1 Å². The number of likely N-dealkylation sites (tertiary alicyclic amines) is 1. The predicted molar refractivity (Wildman–Crippen MR) is 91.7 cm³/mol. The number of aliphatic imine (C=N–C) groups is 1. The standard InChI is InChI=1S/C17H26N4O/c1-18-14-20(2)17(22)15-6-8-16(9-7-15)19-10-13-21-11-4-3-5-12-21/h6-9,14,19H,3-5,10-13H2,1-2H3. The van der Waals surface area contributed by atoms with Gasteiger partial charge in [-0.2, -0.15) is 0 Å². The number of anilines is 1. The van der Waals surface area contributed by atoms with Crippen LogP contribution in [0.2, 0.25) is 0 Å². The van der Waals surface area contributed by atoms with Crippen molar-refractivity contribution in [2.75, 3.05) is 45.6 Å². The number of nitrogens with one attached hydrogen (secondary N) is 1. The number of hydrogen-bond acceptors (Lipinski definition) is 4. The number of piperidine rings is 1. The van der Waals surface area contributed by atoms with Crippen LogP contribution in [0.1, 0.15) is 29.6 Å². The van der Waals surface area contributed by atoms with Crippen molar-refractivity contribution in [1.82, 2.24) is 9.80 Å².